The van der Waals surface area contributed by atoms with Gasteiger partial charge in [0.25, 0.3) is 0 Å². The second-order valence-corrected chi connectivity index (χ2v) is 2.82. The van der Waals surface area contributed by atoms with Crippen LogP contribution in [0.5, 0.6) is 5.75 Å². The maximum Gasteiger partial charge on any atom is 0.162 e. The van der Waals surface area contributed by atoms with Crippen molar-refractivity contribution in [2.75, 3.05) is 5.73 Å². The fraction of sp³-hybridized carbons (Fsp3) is 0.125. The lowest BCUT2D eigenvalue weighted by molar-refractivity contribution is 0.101. The molecule has 3 nitrogen and oxygen atoms in total. The molecular weight excluding hydrogens is 178 g/mol. The normalized spacial score (nSPS) is 9.83. The van der Waals surface area contributed by atoms with E-state index in [4.69, 9.17) is 17.3 Å². The van der Waals surface area contributed by atoms with E-state index in [1.165, 1.54) is 19.1 Å². The quantitative estimate of drug-likeness (QED) is 0.399. The second kappa shape index (κ2) is 3.03. The first kappa shape index (κ1) is 8.87. The van der Waals surface area contributed by atoms with E-state index >= 15 is 0 Å². The summed E-state index contributed by atoms with van der Waals surface area (Å²) in [5.41, 5.74) is 5.75. The van der Waals surface area contributed by atoms with E-state index in [0.717, 1.165) is 0 Å². The lowest BCUT2D eigenvalue weighted by Crippen LogP contribution is -1.99. The number of phenols is 1. The average Bonchev–Trinajstić information content (AvgIpc) is 2.00. The first-order valence-electron chi connectivity index (χ1n) is 3.32. The molecule has 0 radical (unpaired) electrons. The molecule has 0 saturated heterocycles. The molecule has 0 saturated carbocycles. The van der Waals surface area contributed by atoms with Gasteiger partial charge in [0.2, 0.25) is 0 Å². The summed E-state index contributed by atoms with van der Waals surface area (Å²) in [7, 11) is 0. The minimum atomic E-state index is -0.232. The fourth-order valence-corrected chi connectivity index (χ4v) is 1.05. The number of carbonyl (C=O) groups excluding carboxylic acids is 1. The molecule has 0 heterocycles. The molecule has 0 unspecified atom stereocenters. The predicted octanol–water partition coefficient (Wildman–Crippen LogP) is 1.83. The van der Waals surface area contributed by atoms with Gasteiger partial charge in [-0.1, -0.05) is 11.6 Å². The molecule has 0 fully saturated rings. The zero-order valence-electron chi connectivity index (χ0n) is 6.47. The van der Waals surface area contributed by atoms with Gasteiger partial charge in [0.1, 0.15) is 0 Å². The van der Waals surface area contributed by atoms with Crippen LogP contribution in [0.2, 0.25) is 5.02 Å². The number of hydrogen-bond acceptors (Lipinski definition) is 3. The summed E-state index contributed by atoms with van der Waals surface area (Å²) in [4.78, 5) is 10.9. The van der Waals surface area contributed by atoms with Crippen LogP contribution in [0.25, 0.3) is 0 Å². The Morgan fingerprint density at radius 2 is 2.17 bits per heavy atom. The van der Waals surface area contributed by atoms with Crippen LogP contribution in [0.15, 0.2) is 12.1 Å². The number of halogens is 1. The summed E-state index contributed by atoms with van der Waals surface area (Å²) in [5, 5.41) is 9.38. The zero-order chi connectivity index (χ0) is 9.30. The van der Waals surface area contributed by atoms with E-state index in [9.17, 15) is 9.90 Å². The number of benzene rings is 1. The molecule has 1 aromatic rings. The molecule has 0 aliphatic carbocycles. The Balaban J connectivity index is 3.36. The van der Waals surface area contributed by atoms with Crippen molar-refractivity contribution < 1.29 is 9.90 Å². The Bertz CT molecular complexity index is 336. The Labute approximate surface area is 74.8 Å². The Morgan fingerprint density at radius 3 is 2.67 bits per heavy atom. The number of phenolic OH excluding ortho intramolecular Hbond substituents is 1. The van der Waals surface area contributed by atoms with Crippen LogP contribution in [-0.4, -0.2) is 10.9 Å². The molecule has 0 aliphatic heterocycles. The van der Waals surface area contributed by atoms with Crippen LogP contribution in [0, 0.1) is 0 Å². The van der Waals surface area contributed by atoms with Gasteiger partial charge in [0.15, 0.2) is 11.5 Å². The highest BCUT2D eigenvalue weighted by Gasteiger charge is 2.10. The van der Waals surface area contributed by atoms with Gasteiger partial charge in [-0.2, -0.15) is 0 Å². The third kappa shape index (κ3) is 1.36. The molecule has 0 aliphatic rings. The third-order valence-corrected chi connectivity index (χ3v) is 1.85. The highest BCUT2D eigenvalue weighted by atomic mass is 35.5. The largest absolute Gasteiger partial charge is 0.504 e. The third-order valence-electron chi connectivity index (χ3n) is 1.55. The van der Waals surface area contributed by atoms with Gasteiger partial charge in [-0.25, -0.2) is 0 Å². The zero-order valence-corrected chi connectivity index (χ0v) is 7.22. The second-order valence-electron chi connectivity index (χ2n) is 2.41. The van der Waals surface area contributed by atoms with Crippen molar-refractivity contribution in [1.82, 2.24) is 0 Å². The van der Waals surface area contributed by atoms with Crippen molar-refractivity contribution in [3.8, 4) is 5.75 Å². The van der Waals surface area contributed by atoms with Crippen molar-refractivity contribution in [1.29, 1.82) is 0 Å². The summed E-state index contributed by atoms with van der Waals surface area (Å²) in [6, 6.07) is 2.92. The number of ketones is 1. The topological polar surface area (TPSA) is 63.3 Å². The molecule has 12 heavy (non-hydrogen) atoms. The van der Waals surface area contributed by atoms with Gasteiger partial charge < -0.3 is 10.8 Å². The molecule has 0 bridgehead atoms. The lowest BCUT2D eigenvalue weighted by atomic mass is 10.1. The van der Waals surface area contributed by atoms with E-state index in [2.05, 4.69) is 0 Å². The van der Waals surface area contributed by atoms with Gasteiger partial charge in [-0.15, -0.1) is 0 Å². The molecular formula is C8H8ClNO2. The first-order chi connectivity index (χ1) is 5.54. The van der Waals surface area contributed by atoms with E-state index < -0.39 is 0 Å². The van der Waals surface area contributed by atoms with Gasteiger partial charge in [-0.3, -0.25) is 4.79 Å². The van der Waals surface area contributed by atoms with Gasteiger partial charge in [-0.05, 0) is 19.1 Å². The number of rotatable bonds is 1. The van der Waals surface area contributed by atoms with E-state index in [1.807, 2.05) is 0 Å². The Kier molecular flexibility index (Phi) is 2.24. The van der Waals surface area contributed by atoms with Crippen LogP contribution in [-0.2, 0) is 0 Å². The summed E-state index contributed by atoms with van der Waals surface area (Å²) < 4.78 is 0. The Morgan fingerprint density at radius 1 is 1.58 bits per heavy atom. The van der Waals surface area contributed by atoms with Gasteiger partial charge >= 0.3 is 0 Å². The van der Waals surface area contributed by atoms with Crippen molar-refractivity contribution in [3.63, 3.8) is 0 Å². The van der Waals surface area contributed by atoms with Crippen LogP contribution >= 0.6 is 11.6 Å². The smallest absolute Gasteiger partial charge is 0.162 e. The monoisotopic (exact) mass is 185 g/mol. The van der Waals surface area contributed by atoms with E-state index in [1.54, 1.807) is 0 Å². The minimum Gasteiger partial charge on any atom is -0.504 e. The minimum absolute atomic E-state index is 0.0370. The molecule has 3 N–H and O–H groups in total. The standard InChI is InChI=1S/C8H8ClNO2/c1-4(11)5-2-3-6(9)8(12)7(5)10/h2-3,12H,10H2,1H3. The number of carbonyl (C=O) groups is 1. The van der Waals surface area contributed by atoms with Crippen LogP contribution in [0.3, 0.4) is 0 Å². The lowest BCUT2D eigenvalue weighted by Gasteiger charge is -2.04. The van der Waals surface area contributed by atoms with Crippen molar-refractivity contribution >= 4 is 23.1 Å². The molecule has 4 heteroatoms. The number of Topliss-reactive ketones (excluding diaryl/α,β-unsaturated/α-hetero) is 1. The first-order valence-corrected chi connectivity index (χ1v) is 3.69. The van der Waals surface area contributed by atoms with Crippen molar-refractivity contribution in [2.45, 2.75) is 6.92 Å². The van der Waals surface area contributed by atoms with Crippen LogP contribution in [0.1, 0.15) is 17.3 Å². The molecule has 64 valence electrons. The molecule has 0 atom stereocenters. The molecule has 1 aromatic carbocycles. The maximum absolute atomic E-state index is 10.9. The SMILES string of the molecule is CC(=O)c1ccc(Cl)c(O)c1N. The highest BCUT2D eigenvalue weighted by molar-refractivity contribution is 6.32. The summed E-state index contributed by atoms with van der Waals surface area (Å²) in [6.07, 6.45) is 0. The highest BCUT2D eigenvalue weighted by Crippen LogP contribution is 2.32. The molecule has 0 spiro atoms. The van der Waals surface area contributed by atoms with E-state index in [0.29, 0.717) is 0 Å². The molecule has 1 rings (SSSR count). The van der Waals surface area contributed by atoms with Crippen LogP contribution < -0.4 is 5.73 Å². The summed E-state index contributed by atoms with van der Waals surface area (Å²) >= 11 is 5.55. The average molecular weight is 186 g/mol. The molecule has 0 aromatic heterocycles. The number of nitrogen functional groups attached to an aromatic ring is 1. The maximum atomic E-state index is 10.9. The van der Waals surface area contributed by atoms with Crippen molar-refractivity contribution in [3.05, 3.63) is 22.7 Å². The number of hydrogen-bond donors (Lipinski definition) is 2. The van der Waals surface area contributed by atoms with Crippen LogP contribution in [0.4, 0.5) is 5.69 Å². The van der Waals surface area contributed by atoms with Gasteiger partial charge in [0, 0.05) is 5.56 Å². The summed E-state index contributed by atoms with van der Waals surface area (Å²) in [6.45, 7) is 1.37. The van der Waals surface area contributed by atoms with Gasteiger partial charge in [0.05, 0.1) is 10.7 Å². The number of aromatic hydroxyl groups is 1. The van der Waals surface area contributed by atoms with E-state index in [-0.39, 0.29) is 27.8 Å². The number of anilines is 1. The molecule has 0 amide bonds. The van der Waals surface area contributed by atoms with Crippen molar-refractivity contribution in [2.24, 2.45) is 0 Å². The number of nitrogens with two attached hydrogens (primary N) is 1. The summed E-state index contributed by atoms with van der Waals surface area (Å²) in [5.74, 6) is -0.427. The fourth-order valence-electron chi connectivity index (χ4n) is 0.888. The predicted molar refractivity (Wildman–Crippen MR) is 47.5 cm³/mol. The Hall–Kier alpha value is -1.22.